The molecule has 0 fully saturated rings. The molecule has 1 N–H and O–H groups in total. The Hall–Kier alpha value is -2.39. The fraction of sp³-hybridized carbons (Fsp3) is 0.412. The molecule has 0 aliphatic rings. The lowest BCUT2D eigenvalue weighted by molar-refractivity contribution is 0.103. The van der Waals surface area contributed by atoms with Crippen molar-refractivity contribution < 1.29 is 27.8 Å². The summed E-state index contributed by atoms with van der Waals surface area (Å²) in [5, 5.41) is 14.1. The van der Waals surface area contributed by atoms with Crippen LogP contribution < -0.4 is 4.74 Å². The molecule has 2 rings (SSSR count). The smallest absolute Gasteiger partial charge is 0.220 e. The molecule has 0 aliphatic heterocycles. The van der Waals surface area contributed by atoms with Crippen LogP contribution in [-0.2, 0) is 21.6 Å². The van der Waals surface area contributed by atoms with Crippen LogP contribution in [0, 0.1) is 13.8 Å². The molecule has 1 aromatic carbocycles. The summed E-state index contributed by atoms with van der Waals surface area (Å²) in [5.41, 5.74) is 1.06. The van der Waals surface area contributed by atoms with E-state index in [4.69, 9.17) is 9.47 Å². The Labute approximate surface area is 152 Å². The lowest BCUT2D eigenvalue weighted by atomic mass is 9.98. The van der Waals surface area contributed by atoms with E-state index in [0.717, 1.165) is 6.26 Å². The number of aryl methyl sites for hydroxylation is 2. The molecule has 0 aliphatic carbocycles. The van der Waals surface area contributed by atoms with Gasteiger partial charge in [-0.2, -0.15) is 5.10 Å². The van der Waals surface area contributed by atoms with E-state index in [1.54, 1.807) is 13.8 Å². The van der Waals surface area contributed by atoms with Gasteiger partial charge in [0.15, 0.2) is 9.84 Å². The van der Waals surface area contributed by atoms with Crippen LogP contribution in [0.4, 0.5) is 0 Å². The van der Waals surface area contributed by atoms with Crippen molar-refractivity contribution in [3.8, 4) is 11.6 Å². The van der Waals surface area contributed by atoms with Crippen LogP contribution in [0.2, 0.25) is 0 Å². The molecule has 0 unspecified atom stereocenters. The van der Waals surface area contributed by atoms with Crippen LogP contribution in [0.5, 0.6) is 11.6 Å². The molecule has 0 atom stereocenters. The van der Waals surface area contributed by atoms with E-state index in [1.165, 1.54) is 31.0 Å². The maximum Gasteiger partial charge on any atom is 0.220 e. The van der Waals surface area contributed by atoms with Crippen molar-refractivity contribution in [2.24, 2.45) is 7.05 Å². The fourth-order valence-electron chi connectivity index (χ4n) is 2.66. The molecule has 9 heteroatoms. The summed E-state index contributed by atoms with van der Waals surface area (Å²) in [4.78, 5) is 12.9. The first-order valence-corrected chi connectivity index (χ1v) is 9.71. The zero-order valence-corrected chi connectivity index (χ0v) is 16.2. The monoisotopic (exact) mass is 382 g/mol. The van der Waals surface area contributed by atoms with Crippen molar-refractivity contribution in [2.75, 3.05) is 26.6 Å². The predicted octanol–water partition coefficient (Wildman–Crippen LogP) is 1.40. The standard InChI is InChI=1S/C17H22N2O6S/c1-10-12(15(20)14-11(2)18-19(3)17(14)21)6-7-13(26(5,22)23)16(10)25-9-8-24-4/h6-7,21H,8-9H2,1-5H3. The zero-order chi connectivity index (χ0) is 19.6. The molecule has 0 amide bonds. The summed E-state index contributed by atoms with van der Waals surface area (Å²) in [5.74, 6) is -0.598. The third-order valence-electron chi connectivity index (χ3n) is 3.97. The lowest BCUT2D eigenvalue weighted by Gasteiger charge is -2.16. The summed E-state index contributed by atoms with van der Waals surface area (Å²) in [6.45, 7) is 3.62. The number of hydrogen-bond acceptors (Lipinski definition) is 7. The van der Waals surface area contributed by atoms with Crippen LogP contribution in [0.25, 0.3) is 0 Å². The highest BCUT2D eigenvalue weighted by atomic mass is 32.2. The topological polar surface area (TPSA) is 108 Å². The van der Waals surface area contributed by atoms with E-state index in [-0.39, 0.29) is 40.9 Å². The second kappa shape index (κ2) is 7.46. The number of carbonyl (C=O) groups is 1. The largest absolute Gasteiger partial charge is 0.493 e. The Morgan fingerprint density at radius 2 is 1.92 bits per heavy atom. The minimum absolute atomic E-state index is 0.00483. The molecule has 0 saturated carbocycles. The number of rotatable bonds is 7. The molecule has 0 spiro atoms. The van der Waals surface area contributed by atoms with Gasteiger partial charge in [-0.25, -0.2) is 13.1 Å². The van der Waals surface area contributed by atoms with Gasteiger partial charge < -0.3 is 14.6 Å². The van der Waals surface area contributed by atoms with Gasteiger partial charge in [0.05, 0.1) is 12.3 Å². The molecule has 8 nitrogen and oxygen atoms in total. The van der Waals surface area contributed by atoms with Crippen molar-refractivity contribution in [3.63, 3.8) is 0 Å². The molecular formula is C17H22N2O6S. The van der Waals surface area contributed by atoms with Gasteiger partial charge >= 0.3 is 0 Å². The summed E-state index contributed by atoms with van der Waals surface area (Å²) in [6.07, 6.45) is 1.07. The first-order valence-electron chi connectivity index (χ1n) is 7.82. The molecule has 0 saturated heterocycles. The van der Waals surface area contributed by atoms with E-state index < -0.39 is 15.6 Å². The van der Waals surface area contributed by atoms with E-state index in [0.29, 0.717) is 11.3 Å². The molecular weight excluding hydrogens is 360 g/mol. The predicted molar refractivity (Wildman–Crippen MR) is 94.7 cm³/mol. The highest BCUT2D eigenvalue weighted by Crippen LogP contribution is 2.33. The van der Waals surface area contributed by atoms with Gasteiger partial charge in [0, 0.05) is 31.5 Å². The number of aromatic nitrogens is 2. The molecule has 1 aromatic heterocycles. The summed E-state index contributed by atoms with van der Waals surface area (Å²) in [7, 11) is -0.528. The number of benzene rings is 1. The Morgan fingerprint density at radius 1 is 1.27 bits per heavy atom. The van der Waals surface area contributed by atoms with Gasteiger partial charge in [0.1, 0.15) is 22.8 Å². The number of carbonyl (C=O) groups excluding carboxylic acids is 1. The number of ether oxygens (including phenoxy) is 2. The molecule has 1 heterocycles. The average molecular weight is 382 g/mol. The number of nitrogens with zero attached hydrogens (tertiary/aromatic N) is 2. The van der Waals surface area contributed by atoms with Crippen molar-refractivity contribution in [3.05, 3.63) is 34.5 Å². The zero-order valence-electron chi connectivity index (χ0n) is 15.4. The molecule has 2 aromatic rings. The van der Waals surface area contributed by atoms with Crippen LogP contribution in [0.1, 0.15) is 27.2 Å². The molecule has 26 heavy (non-hydrogen) atoms. The van der Waals surface area contributed by atoms with E-state index in [1.807, 2.05) is 0 Å². The Bertz CT molecular complexity index is 947. The second-order valence-corrected chi connectivity index (χ2v) is 7.90. The average Bonchev–Trinajstić information content (AvgIpc) is 2.80. The van der Waals surface area contributed by atoms with Crippen LogP contribution in [0.3, 0.4) is 0 Å². The van der Waals surface area contributed by atoms with E-state index >= 15 is 0 Å². The van der Waals surface area contributed by atoms with Crippen molar-refractivity contribution in [1.29, 1.82) is 0 Å². The third-order valence-corrected chi connectivity index (χ3v) is 5.09. The van der Waals surface area contributed by atoms with Gasteiger partial charge in [-0.05, 0) is 26.0 Å². The van der Waals surface area contributed by atoms with E-state index in [2.05, 4.69) is 5.10 Å². The quantitative estimate of drug-likeness (QED) is 0.570. The van der Waals surface area contributed by atoms with Crippen LogP contribution >= 0.6 is 0 Å². The number of sulfone groups is 1. The van der Waals surface area contributed by atoms with E-state index in [9.17, 15) is 18.3 Å². The summed E-state index contributed by atoms with van der Waals surface area (Å²) in [6, 6.07) is 2.75. The number of hydrogen-bond donors (Lipinski definition) is 1. The number of ketones is 1. The van der Waals surface area contributed by atoms with Crippen molar-refractivity contribution in [1.82, 2.24) is 9.78 Å². The van der Waals surface area contributed by atoms with Gasteiger partial charge in [-0.15, -0.1) is 0 Å². The first-order chi connectivity index (χ1) is 12.1. The Balaban J connectivity index is 2.60. The van der Waals surface area contributed by atoms with Gasteiger partial charge in [-0.3, -0.25) is 4.79 Å². The summed E-state index contributed by atoms with van der Waals surface area (Å²) >= 11 is 0. The maximum absolute atomic E-state index is 12.9. The van der Waals surface area contributed by atoms with Gasteiger partial charge in [0.25, 0.3) is 0 Å². The molecule has 0 radical (unpaired) electrons. The number of aromatic hydroxyl groups is 1. The lowest BCUT2D eigenvalue weighted by Crippen LogP contribution is -2.13. The molecule has 142 valence electrons. The number of methoxy groups -OCH3 is 1. The van der Waals surface area contributed by atoms with Crippen LogP contribution in [0.15, 0.2) is 17.0 Å². The van der Waals surface area contributed by atoms with Crippen LogP contribution in [-0.4, -0.2) is 55.7 Å². The Kier molecular flexibility index (Phi) is 5.72. The molecule has 0 bridgehead atoms. The van der Waals surface area contributed by atoms with Gasteiger partial charge in [-0.1, -0.05) is 0 Å². The van der Waals surface area contributed by atoms with Crippen molar-refractivity contribution in [2.45, 2.75) is 18.7 Å². The summed E-state index contributed by atoms with van der Waals surface area (Å²) < 4.78 is 35.8. The normalized spacial score (nSPS) is 11.6. The fourth-order valence-corrected chi connectivity index (χ4v) is 3.52. The third kappa shape index (κ3) is 3.73. The Morgan fingerprint density at radius 3 is 2.42 bits per heavy atom. The minimum Gasteiger partial charge on any atom is -0.493 e. The maximum atomic E-state index is 12.9. The SMILES string of the molecule is COCCOc1c(S(C)(=O)=O)ccc(C(=O)c2c(C)nn(C)c2O)c1C. The highest BCUT2D eigenvalue weighted by Gasteiger charge is 2.26. The highest BCUT2D eigenvalue weighted by molar-refractivity contribution is 7.90. The first kappa shape index (κ1) is 19.9. The van der Waals surface area contributed by atoms with Crippen molar-refractivity contribution >= 4 is 15.6 Å². The second-order valence-electron chi connectivity index (χ2n) is 5.92. The minimum atomic E-state index is -3.56. The van der Waals surface area contributed by atoms with Gasteiger partial charge in [0.2, 0.25) is 11.7 Å².